The highest BCUT2D eigenvalue weighted by Crippen LogP contribution is 2.22. The largest absolute Gasteiger partial charge is 0.353 e. The number of hydrogen-bond acceptors (Lipinski definition) is 2. The van der Waals surface area contributed by atoms with Gasteiger partial charge in [0.25, 0.3) is 0 Å². The molecule has 0 bridgehead atoms. The van der Waals surface area contributed by atoms with Crippen molar-refractivity contribution < 1.29 is 9.59 Å². The van der Waals surface area contributed by atoms with Gasteiger partial charge in [-0.15, -0.1) is 0 Å². The Kier molecular flexibility index (Phi) is 5.44. The Morgan fingerprint density at radius 2 is 2.00 bits per heavy atom. The minimum absolute atomic E-state index is 0.0947. The van der Waals surface area contributed by atoms with Gasteiger partial charge in [0.15, 0.2) is 0 Å². The maximum atomic E-state index is 12.3. The van der Waals surface area contributed by atoms with Crippen molar-refractivity contribution in [3.63, 3.8) is 0 Å². The number of nitrogens with zero attached hydrogens (tertiary/aromatic N) is 1. The van der Waals surface area contributed by atoms with Gasteiger partial charge in [-0.2, -0.15) is 0 Å². The van der Waals surface area contributed by atoms with E-state index in [1.165, 1.54) is 19.3 Å². The lowest BCUT2D eigenvalue weighted by atomic mass is 9.95. The standard InChI is InChI=1S/C16H28N2O2/c1-12(2)8-9-18-11-13(10-15(18)19)16(20)17-14-6-4-3-5-7-14/h12-14H,3-11H2,1-2H3,(H,17,20)/t13-/m0/s1. The number of likely N-dealkylation sites (tertiary alicyclic amines) is 1. The first-order chi connectivity index (χ1) is 9.56. The number of rotatable bonds is 5. The molecule has 2 aliphatic rings. The number of carbonyl (C=O) groups is 2. The Morgan fingerprint density at radius 3 is 2.65 bits per heavy atom. The molecule has 1 saturated heterocycles. The zero-order valence-corrected chi connectivity index (χ0v) is 12.9. The molecule has 0 unspecified atom stereocenters. The van der Waals surface area contributed by atoms with Crippen LogP contribution in [0, 0.1) is 11.8 Å². The van der Waals surface area contributed by atoms with Crippen LogP contribution in [-0.2, 0) is 9.59 Å². The van der Waals surface area contributed by atoms with Crippen LogP contribution in [0.4, 0.5) is 0 Å². The van der Waals surface area contributed by atoms with E-state index in [0.29, 0.717) is 24.9 Å². The van der Waals surface area contributed by atoms with Gasteiger partial charge in [0.1, 0.15) is 0 Å². The highest BCUT2D eigenvalue weighted by molar-refractivity contribution is 5.89. The Balaban J connectivity index is 1.78. The van der Waals surface area contributed by atoms with Crippen molar-refractivity contribution in [1.82, 2.24) is 10.2 Å². The summed E-state index contributed by atoms with van der Waals surface area (Å²) in [4.78, 5) is 26.1. The normalized spacial score (nSPS) is 24.4. The number of hydrogen-bond donors (Lipinski definition) is 1. The summed E-state index contributed by atoms with van der Waals surface area (Å²) in [6.45, 7) is 5.73. The minimum Gasteiger partial charge on any atom is -0.353 e. The van der Waals surface area contributed by atoms with Gasteiger partial charge in [0, 0.05) is 25.6 Å². The average Bonchev–Trinajstić information content (AvgIpc) is 2.79. The van der Waals surface area contributed by atoms with Gasteiger partial charge in [-0.1, -0.05) is 33.1 Å². The predicted molar refractivity (Wildman–Crippen MR) is 79.2 cm³/mol. The molecule has 4 heteroatoms. The van der Waals surface area contributed by atoms with Crippen molar-refractivity contribution in [2.75, 3.05) is 13.1 Å². The molecule has 0 spiro atoms. The number of amides is 2. The van der Waals surface area contributed by atoms with Crippen molar-refractivity contribution in [3.8, 4) is 0 Å². The van der Waals surface area contributed by atoms with Crippen LogP contribution in [0.5, 0.6) is 0 Å². The van der Waals surface area contributed by atoms with Crippen LogP contribution in [0.2, 0.25) is 0 Å². The second-order valence-electron chi connectivity index (χ2n) is 6.77. The summed E-state index contributed by atoms with van der Waals surface area (Å²) in [7, 11) is 0. The fraction of sp³-hybridized carbons (Fsp3) is 0.875. The van der Waals surface area contributed by atoms with Crippen LogP contribution in [0.15, 0.2) is 0 Å². The Hall–Kier alpha value is -1.06. The van der Waals surface area contributed by atoms with Crippen molar-refractivity contribution in [2.24, 2.45) is 11.8 Å². The van der Waals surface area contributed by atoms with E-state index in [9.17, 15) is 9.59 Å². The molecule has 1 atom stereocenters. The summed E-state index contributed by atoms with van der Waals surface area (Å²) in [6.07, 6.45) is 7.34. The van der Waals surface area contributed by atoms with Crippen molar-refractivity contribution in [1.29, 1.82) is 0 Å². The first kappa shape index (κ1) is 15.3. The SMILES string of the molecule is CC(C)CCN1C[C@@H](C(=O)NC2CCCCC2)CC1=O. The lowest BCUT2D eigenvalue weighted by molar-refractivity contribution is -0.129. The van der Waals surface area contributed by atoms with Gasteiger partial charge >= 0.3 is 0 Å². The Morgan fingerprint density at radius 1 is 1.30 bits per heavy atom. The quantitative estimate of drug-likeness (QED) is 0.840. The molecule has 1 N–H and O–H groups in total. The molecular formula is C16H28N2O2. The van der Waals surface area contributed by atoms with E-state index in [1.807, 2.05) is 4.90 Å². The molecule has 0 aromatic rings. The van der Waals surface area contributed by atoms with E-state index in [4.69, 9.17) is 0 Å². The van der Waals surface area contributed by atoms with Crippen LogP contribution >= 0.6 is 0 Å². The third kappa shape index (κ3) is 4.22. The highest BCUT2D eigenvalue weighted by Gasteiger charge is 2.34. The van der Waals surface area contributed by atoms with Gasteiger partial charge in [-0.25, -0.2) is 0 Å². The molecule has 1 saturated carbocycles. The van der Waals surface area contributed by atoms with Crippen molar-refractivity contribution >= 4 is 11.8 Å². The van der Waals surface area contributed by atoms with Gasteiger partial charge in [0.05, 0.1) is 5.92 Å². The predicted octanol–water partition coefficient (Wildman–Crippen LogP) is 2.33. The van der Waals surface area contributed by atoms with Crippen LogP contribution < -0.4 is 5.32 Å². The number of carbonyl (C=O) groups excluding carboxylic acids is 2. The molecule has 2 amide bonds. The first-order valence-corrected chi connectivity index (χ1v) is 8.14. The van der Waals surface area contributed by atoms with E-state index in [2.05, 4.69) is 19.2 Å². The van der Waals surface area contributed by atoms with E-state index >= 15 is 0 Å². The smallest absolute Gasteiger partial charge is 0.225 e. The van der Waals surface area contributed by atoms with E-state index in [1.54, 1.807) is 0 Å². The molecule has 2 fully saturated rings. The summed E-state index contributed by atoms with van der Waals surface area (Å²) in [5.74, 6) is 0.709. The Labute approximate surface area is 122 Å². The van der Waals surface area contributed by atoms with E-state index < -0.39 is 0 Å². The first-order valence-electron chi connectivity index (χ1n) is 8.14. The molecule has 4 nitrogen and oxygen atoms in total. The maximum absolute atomic E-state index is 12.3. The molecule has 0 aromatic heterocycles. The fourth-order valence-electron chi connectivity index (χ4n) is 3.14. The monoisotopic (exact) mass is 280 g/mol. The molecule has 1 aliphatic heterocycles. The Bertz CT molecular complexity index is 348. The van der Waals surface area contributed by atoms with Crippen LogP contribution in [0.25, 0.3) is 0 Å². The zero-order chi connectivity index (χ0) is 14.5. The molecule has 114 valence electrons. The van der Waals surface area contributed by atoms with Gasteiger partial charge in [-0.05, 0) is 25.2 Å². The van der Waals surface area contributed by atoms with Crippen LogP contribution in [-0.4, -0.2) is 35.8 Å². The third-order valence-electron chi connectivity index (χ3n) is 4.51. The molecule has 2 rings (SSSR count). The van der Waals surface area contributed by atoms with Crippen LogP contribution in [0.1, 0.15) is 58.8 Å². The van der Waals surface area contributed by atoms with Crippen molar-refractivity contribution in [3.05, 3.63) is 0 Å². The highest BCUT2D eigenvalue weighted by atomic mass is 16.2. The lowest BCUT2D eigenvalue weighted by Crippen LogP contribution is -2.40. The fourth-order valence-corrected chi connectivity index (χ4v) is 3.14. The third-order valence-corrected chi connectivity index (χ3v) is 4.51. The molecular weight excluding hydrogens is 252 g/mol. The molecule has 0 radical (unpaired) electrons. The lowest BCUT2D eigenvalue weighted by Gasteiger charge is -2.24. The molecule has 1 aliphatic carbocycles. The van der Waals surface area contributed by atoms with Crippen LogP contribution in [0.3, 0.4) is 0 Å². The van der Waals surface area contributed by atoms with Gasteiger partial charge < -0.3 is 10.2 Å². The average molecular weight is 280 g/mol. The van der Waals surface area contributed by atoms with E-state index in [-0.39, 0.29) is 17.7 Å². The zero-order valence-electron chi connectivity index (χ0n) is 12.9. The van der Waals surface area contributed by atoms with E-state index in [0.717, 1.165) is 25.8 Å². The maximum Gasteiger partial charge on any atom is 0.225 e. The molecule has 0 aromatic carbocycles. The minimum atomic E-state index is -0.128. The summed E-state index contributed by atoms with van der Waals surface area (Å²) in [5, 5.41) is 3.15. The molecule has 20 heavy (non-hydrogen) atoms. The second kappa shape index (κ2) is 7.09. The van der Waals surface area contributed by atoms with Gasteiger partial charge in [0.2, 0.25) is 11.8 Å². The second-order valence-corrected chi connectivity index (χ2v) is 6.77. The van der Waals surface area contributed by atoms with Crippen molar-refractivity contribution in [2.45, 2.75) is 64.8 Å². The topological polar surface area (TPSA) is 49.4 Å². The summed E-state index contributed by atoms with van der Waals surface area (Å²) >= 11 is 0. The molecule has 1 heterocycles. The summed E-state index contributed by atoms with van der Waals surface area (Å²) in [5.41, 5.74) is 0. The van der Waals surface area contributed by atoms with Gasteiger partial charge in [-0.3, -0.25) is 9.59 Å². The summed E-state index contributed by atoms with van der Waals surface area (Å²) < 4.78 is 0. The number of nitrogens with one attached hydrogen (secondary N) is 1. The summed E-state index contributed by atoms with van der Waals surface area (Å²) in [6, 6.07) is 0.344.